The molecule has 2 aliphatic heterocycles. The monoisotopic (exact) mass is 430 g/mol. The maximum absolute atomic E-state index is 12.8. The van der Waals surface area contributed by atoms with Gasteiger partial charge in [-0.15, -0.1) is 0 Å². The van der Waals surface area contributed by atoms with Crippen LogP contribution in [0.25, 0.3) is 0 Å². The van der Waals surface area contributed by atoms with Crippen LogP contribution in [0.3, 0.4) is 0 Å². The molecule has 1 unspecified atom stereocenters. The highest BCUT2D eigenvalue weighted by molar-refractivity contribution is 5.94. The summed E-state index contributed by atoms with van der Waals surface area (Å²) in [5, 5.41) is 6.11. The van der Waals surface area contributed by atoms with Gasteiger partial charge in [0.1, 0.15) is 0 Å². The summed E-state index contributed by atoms with van der Waals surface area (Å²) in [7, 11) is 0. The van der Waals surface area contributed by atoms with Crippen LogP contribution in [0.2, 0.25) is 0 Å². The number of benzene rings is 1. The Hall–Kier alpha value is -2.12. The van der Waals surface area contributed by atoms with Crippen molar-refractivity contribution in [2.75, 3.05) is 56.2 Å². The molecule has 0 radical (unpaired) electrons. The molecule has 2 amide bonds. The molecule has 0 aliphatic carbocycles. The number of nitrogens with one attached hydrogen (secondary N) is 2. The molecule has 0 bridgehead atoms. The number of amides is 2. The van der Waals surface area contributed by atoms with Gasteiger partial charge in [-0.3, -0.25) is 14.5 Å². The molecule has 31 heavy (non-hydrogen) atoms. The fraction of sp³-hybridized carbons (Fsp3) is 0.667. The number of ether oxygens (including phenoxy) is 1. The predicted octanol–water partition coefficient (Wildman–Crippen LogP) is 2.87. The van der Waals surface area contributed by atoms with Gasteiger partial charge in [0.15, 0.2) is 0 Å². The molecule has 1 aromatic rings. The van der Waals surface area contributed by atoms with Crippen molar-refractivity contribution in [3.05, 3.63) is 24.3 Å². The number of anilines is 2. The van der Waals surface area contributed by atoms with Crippen LogP contribution in [0.1, 0.15) is 46.0 Å². The summed E-state index contributed by atoms with van der Waals surface area (Å²) in [5.74, 6) is 0.246. The van der Waals surface area contributed by atoms with Crippen LogP contribution in [0.5, 0.6) is 0 Å². The third-order valence-corrected chi connectivity index (χ3v) is 6.42. The quantitative estimate of drug-likeness (QED) is 0.590. The Balaban J connectivity index is 1.41. The van der Waals surface area contributed by atoms with E-state index in [1.807, 2.05) is 19.1 Å². The Morgan fingerprint density at radius 2 is 1.74 bits per heavy atom. The number of hydrogen-bond acceptors (Lipinski definition) is 5. The summed E-state index contributed by atoms with van der Waals surface area (Å²) < 4.78 is 5.40. The van der Waals surface area contributed by atoms with Crippen LogP contribution in [0.4, 0.5) is 11.4 Å². The normalized spacial score (nSPS) is 19.1. The zero-order valence-corrected chi connectivity index (χ0v) is 19.1. The van der Waals surface area contributed by atoms with Gasteiger partial charge >= 0.3 is 0 Å². The zero-order chi connectivity index (χ0) is 22.1. The molecule has 3 rings (SSSR count). The number of likely N-dealkylation sites (tertiary alicyclic amines) is 1. The van der Waals surface area contributed by atoms with Gasteiger partial charge in [0, 0.05) is 36.9 Å². The maximum Gasteiger partial charge on any atom is 0.241 e. The number of nitrogens with zero attached hydrogens (tertiary/aromatic N) is 2. The number of carbonyl (C=O) groups excluding carboxylic acids is 2. The molecule has 1 atom stereocenters. The van der Waals surface area contributed by atoms with Crippen LogP contribution in [-0.2, 0) is 14.3 Å². The molecule has 2 N–H and O–H groups in total. The van der Waals surface area contributed by atoms with E-state index in [0.29, 0.717) is 0 Å². The van der Waals surface area contributed by atoms with Crippen LogP contribution in [-0.4, -0.2) is 68.7 Å². The van der Waals surface area contributed by atoms with Gasteiger partial charge in [-0.05, 0) is 63.5 Å². The highest BCUT2D eigenvalue weighted by Crippen LogP contribution is 2.22. The van der Waals surface area contributed by atoms with Gasteiger partial charge in [-0.1, -0.05) is 19.8 Å². The Bertz CT molecular complexity index is 695. The number of rotatable bonds is 9. The topological polar surface area (TPSA) is 73.9 Å². The van der Waals surface area contributed by atoms with Crippen LogP contribution in [0, 0.1) is 5.92 Å². The largest absolute Gasteiger partial charge is 0.378 e. The van der Waals surface area contributed by atoms with Crippen molar-refractivity contribution in [3.8, 4) is 0 Å². The van der Waals surface area contributed by atoms with Crippen molar-refractivity contribution in [1.82, 2.24) is 10.2 Å². The standard InChI is InChI=1S/C24H38N4O3/c1-3-4-5-12-25-24(30)20-10-13-27(14-11-20)19(2)23(29)26-21-6-8-22(9-7-21)28-15-17-31-18-16-28/h6-9,19-20H,3-5,10-18H2,1-2H3,(H,25,30)(H,26,29). The fourth-order valence-electron chi connectivity index (χ4n) is 4.27. The first-order valence-electron chi connectivity index (χ1n) is 11.8. The van der Waals surface area contributed by atoms with E-state index in [0.717, 1.165) is 89.4 Å². The molecule has 7 nitrogen and oxygen atoms in total. The lowest BCUT2D eigenvalue weighted by molar-refractivity contribution is -0.127. The van der Waals surface area contributed by atoms with Crippen molar-refractivity contribution in [3.63, 3.8) is 0 Å². The van der Waals surface area contributed by atoms with E-state index >= 15 is 0 Å². The molecule has 0 aromatic heterocycles. The third-order valence-electron chi connectivity index (χ3n) is 6.42. The van der Waals surface area contributed by atoms with E-state index in [-0.39, 0.29) is 23.8 Å². The van der Waals surface area contributed by atoms with E-state index in [2.05, 4.69) is 39.5 Å². The minimum Gasteiger partial charge on any atom is -0.378 e. The third kappa shape index (κ3) is 6.94. The minimum absolute atomic E-state index is 0.00147. The molecule has 2 heterocycles. The number of hydrogen-bond donors (Lipinski definition) is 2. The molecular weight excluding hydrogens is 392 g/mol. The van der Waals surface area contributed by atoms with Gasteiger partial charge < -0.3 is 20.3 Å². The lowest BCUT2D eigenvalue weighted by atomic mass is 9.95. The predicted molar refractivity (Wildman–Crippen MR) is 124 cm³/mol. The van der Waals surface area contributed by atoms with Crippen LogP contribution in [0.15, 0.2) is 24.3 Å². The number of unbranched alkanes of at least 4 members (excludes halogenated alkanes) is 2. The van der Waals surface area contributed by atoms with E-state index in [1.165, 1.54) is 0 Å². The molecule has 2 saturated heterocycles. The number of carbonyl (C=O) groups is 2. The lowest BCUT2D eigenvalue weighted by Gasteiger charge is -2.34. The average molecular weight is 431 g/mol. The van der Waals surface area contributed by atoms with Crippen molar-refractivity contribution in [1.29, 1.82) is 0 Å². The molecular formula is C24H38N4O3. The van der Waals surface area contributed by atoms with Gasteiger partial charge in [-0.2, -0.15) is 0 Å². The number of piperidine rings is 1. The summed E-state index contributed by atoms with van der Waals surface area (Å²) >= 11 is 0. The van der Waals surface area contributed by atoms with E-state index in [4.69, 9.17) is 4.74 Å². The summed E-state index contributed by atoms with van der Waals surface area (Å²) in [5.41, 5.74) is 1.97. The molecule has 7 heteroatoms. The van der Waals surface area contributed by atoms with Crippen LogP contribution < -0.4 is 15.5 Å². The SMILES string of the molecule is CCCCCNC(=O)C1CCN(C(C)C(=O)Nc2ccc(N3CCOCC3)cc2)CC1. The molecule has 2 fully saturated rings. The Labute approximate surface area is 186 Å². The second kappa shape index (κ2) is 12.1. The lowest BCUT2D eigenvalue weighted by Crippen LogP contribution is -2.48. The smallest absolute Gasteiger partial charge is 0.241 e. The van der Waals surface area contributed by atoms with Gasteiger partial charge in [0.05, 0.1) is 19.3 Å². The summed E-state index contributed by atoms with van der Waals surface area (Å²) in [6.07, 6.45) is 4.98. The van der Waals surface area contributed by atoms with Gasteiger partial charge in [0.2, 0.25) is 11.8 Å². The van der Waals surface area contributed by atoms with Gasteiger partial charge in [-0.25, -0.2) is 0 Å². The van der Waals surface area contributed by atoms with Gasteiger partial charge in [0.25, 0.3) is 0 Å². The Morgan fingerprint density at radius 3 is 2.39 bits per heavy atom. The van der Waals surface area contributed by atoms with E-state index < -0.39 is 0 Å². The molecule has 1 aromatic carbocycles. The molecule has 172 valence electrons. The highest BCUT2D eigenvalue weighted by atomic mass is 16.5. The van der Waals surface area contributed by atoms with Crippen molar-refractivity contribution < 1.29 is 14.3 Å². The highest BCUT2D eigenvalue weighted by Gasteiger charge is 2.29. The Kier molecular flexibility index (Phi) is 9.15. The molecule has 2 aliphatic rings. The molecule has 0 saturated carbocycles. The first kappa shape index (κ1) is 23.5. The Morgan fingerprint density at radius 1 is 1.06 bits per heavy atom. The van der Waals surface area contributed by atoms with Crippen molar-refractivity contribution in [2.45, 2.75) is 52.0 Å². The van der Waals surface area contributed by atoms with E-state index in [1.54, 1.807) is 0 Å². The van der Waals surface area contributed by atoms with Crippen molar-refractivity contribution >= 4 is 23.2 Å². The minimum atomic E-state index is -0.215. The summed E-state index contributed by atoms with van der Waals surface area (Å²) in [6, 6.07) is 7.81. The summed E-state index contributed by atoms with van der Waals surface area (Å²) in [6.45, 7) is 9.74. The molecule has 0 spiro atoms. The first-order chi connectivity index (χ1) is 15.1. The summed E-state index contributed by atoms with van der Waals surface area (Å²) in [4.78, 5) is 29.6. The second-order valence-electron chi connectivity index (χ2n) is 8.62. The van der Waals surface area contributed by atoms with E-state index in [9.17, 15) is 9.59 Å². The van der Waals surface area contributed by atoms with Crippen molar-refractivity contribution in [2.24, 2.45) is 5.92 Å². The fourth-order valence-corrected chi connectivity index (χ4v) is 4.27. The second-order valence-corrected chi connectivity index (χ2v) is 8.62. The van der Waals surface area contributed by atoms with Crippen LogP contribution >= 0.6 is 0 Å². The first-order valence-corrected chi connectivity index (χ1v) is 11.8. The zero-order valence-electron chi connectivity index (χ0n) is 19.1. The maximum atomic E-state index is 12.8. The average Bonchev–Trinajstić information content (AvgIpc) is 2.82. The number of morpholine rings is 1.